The molecule has 0 heterocycles. The predicted molar refractivity (Wildman–Crippen MR) is 79.4 cm³/mol. The van der Waals surface area contributed by atoms with Gasteiger partial charge in [-0.05, 0) is 49.6 Å². The quantitative estimate of drug-likeness (QED) is 0.784. The Morgan fingerprint density at radius 1 is 1.00 bits per heavy atom. The summed E-state index contributed by atoms with van der Waals surface area (Å²) < 4.78 is 5.14. The second-order valence-electron chi connectivity index (χ2n) is 5.51. The molecule has 1 aliphatic carbocycles. The van der Waals surface area contributed by atoms with Gasteiger partial charge in [0.2, 0.25) is 0 Å². The molecule has 2 aromatic carbocycles. The Kier molecular flexibility index (Phi) is 3.09. The molecular weight excluding hydrogens is 248 g/mol. The third-order valence-electron chi connectivity index (χ3n) is 4.14. The van der Waals surface area contributed by atoms with Gasteiger partial charge in [0.25, 0.3) is 0 Å². The number of hydrogen-bond acceptors (Lipinski definition) is 2. The molecule has 1 aliphatic rings. The first kappa shape index (κ1) is 12.9. The number of Topliss-reactive ketones (excluding diaryl/α,β-unsaturated/α-hetero) is 1. The molecule has 0 amide bonds. The normalized spacial score (nSPS) is 15.7. The Morgan fingerprint density at radius 3 is 2.10 bits per heavy atom. The molecule has 0 atom stereocenters. The van der Waals surface area contributed by atoms with Crippen molar-refractivity contribution in [1.29, 1.82) is 0 Å². The lowest BCUT2D eigenvalue weighted by Gasteiger charge is -2.15. The van der Waals surface area contributed by atoms with Crippen molar-refractivity contribution < 1.29 is 9.53 Å². The van der Waals surface area contributed by atoms with E-state index in [4.69, 9.17) is 4.74 Å². The van der Waals surface area contributed by atoms with Crippen LogP contribution in [0, 0.1) is 6.92 Å². The van der Waals surface area contributed by atoms with Crippen molar-refractivity contribution in [2.75, 3.05) is 7.11 Å². The lowest BCUT2D eigenvalue weighted by Crippen LogP contribution is -2.20. The number of methoxy groups -OCH3 is 1. The largest absolute Gasteiger partial charge is 0.497 e. The maximum absolute atomic E-state index is 12.8. The molecule has 0 aromatic heterocycles. The highest BCUT2D eigenvalue weighted by Crippen LogP contribution is 2.50. The van der Waals surface area contributed by atoms with Gasteiger partial charge in [-0.15, -0.1) is 0 Å². The fourth-order valence-electron chi connectivity index (χ4n) is 2.66. The summed E-state index contributed by atoms with van der Waals surface area (Å²) in [5.41, 5.74) is 2.84. The molecule has 102 valence electrons. The third-order valence-corrected chi connectivity index (χ3v) is 4.14. The number of ketones is 1. The highest BCUT2D eigenvalue weighted by Gasteiger charge is 2.51. The summed E-state index contributed by atoms with van der Waals surface area (Å²) in [7, 11) is 1.63. The summed E-state index contributed by atoms with van der Waals surface area (Å²) in [4.78, 5) is 12.8. The van der Waals surface area contributed by atoms with Gasteiger partial charge in [-0.1, -0.05) is 29.8 Å². The molecule has 2 nitrogen and oxygen atoms in total. The van der Waals surface area contributed by atoms with Gasteiger partial charge >= 0.3 is 0 Å². The number of carbonyl (C=O) groups excluding carboxylic acids is 1. The molecule has 0 aliphatic heterocycles. The van der Waals surface area contributed by atoms with Crippen LogP contribution in [0.1, 0.15) is 34.3 Å². The van der Waals surface area contributed by atoms with Gasteiger partial charge in [0.15, 0.2) is 5.78 Å². The minimum atomic E-state index is -0.289. The van der Waals surface area contributed by atoms with E-state index in [1.165, 1.54) is 5.56 Å². The summed E-state index contributed by atoms with van der Waals surface area (Å²) >= 11 is 0. The van der Waals surface area contributed by atoms with E-state index in [-0.39, 0.29) is 11.2 Å². The molecule has 0 saturated heterocycles. The van der Waals surface area contributed by atoms with E-state index < -0.39 is 0 Å². The predicted octanol–water partition coefficient (Wildman–Crippen LogP) is 3.92. The van der Waals surface area contributed by atoms with Crippen molar-refractivity contribution in [2.24, 2.45) is 0 Å². The van der Waals surface area contributed by atoms with Gasteiger partial charge in [-0.3, -0.25) is 4.79 Å². The van der Waals surface area contributed by atoms with E-state index in [1.807, 2.05) is 24.3 Å². The maximum Gasteiger partial charge on any atom is 0.173 e. The summed E-state index contributed by atoms with van der Waals surface area (Å²) in [5, 5.41) is 0. The van der Waals surface area contributed by atoms with E-state index in [9.17, 15) is 4.79 Å². The number of rotatable bonds is 4. The van der Waals surface area contributed by atoms with Crippen LogP contribution in [0.25, 0.3) is 0 Å². The van der Waals surface area contributed by atoms with Crippen molar-refractivity contribution in [3.8, 4) is 5.75 Å². The fourth-order valence-corrected chi connectivity index (χ4v) is 2.66. The Hall–Kier alpha value is -2.09. The molecule has 3 rings (SSSR count). The van der Waals surface area contributed by atoms with Gasteiger partial charge in [0.1, 0.15) is 5.75 Å². The van der Waals surface area contributed by atoms with Crippen LogP contribution < -0.4 is 4.74 Å². The minimum absolute atomic E-state index is 0.226. The molecule has 1 saturated carbocycles. The fraction of sp³-hybridized carbons (Fsp3) is 0.278. The van der Waals surface area contributed by atoms with E-state index in [2.05, 4.69) is 31.2 Å². The molecular formula is C18H18O2. The zero-order valence-corrected chi connectivity index (χ0v) is 11.8. The van der Waals surface area contributed by atoms with Crippen LogP contribution >= 0.6 is 0 Å². The van der Waals surface area contributed by atoms with Crippen molar-refractivity contribution in [1.82, 2.24) is 0 Å². The van der Waals surface area contributed by atoms with Gasteiger partial charge in [-0.2, -0.15) is 0 Å². The maximum atomic E-state index is 12.8. The first-order chi connectivity index (χ1) is 9.65. The molecule has 0 unspecified atom stereocenters. The Bertz CT molecular complexity index is 619. The van der Waals surface area contributed by atoms with Gasteiger partial charge in [0.05, 0.1) is 12.5 Å². The van der Waals surface area contributed by atoms with Crippen LogP contribution in [0.4, 0.5) is 0 Å². The highest BCUT2D eigenvalue weighted by atomic mass is 16.5. The highest BCUT2D eigenvalue weighted by molar-refractivity contribution is 6.06. The Morgan fingerprint density at radius 2 is 1.60 bits per heavy atom. The van der Waals surface area contributed by atoms with Crippen LogP contribution in [0.3, 0.4) is 0 Å². The van der Waals surface area contributed by atoms with Crippen LogP contribution in [0.15, 0.2) is 48.5 Å². The van der Waals surface area contributed by atoms with Crippen molar-refractivity contribution in [2.45, 2.75) is 25.2 Å². The summed E-state index contributed by atoms with van der Waals surface area (Å²) in [6.45, 7) is 2.06. The number of aryl methyl sites for hydroxylation is 1. The third kappa shape index (κ3) is 2.11. The molecule has 0 N–H and O–H groups in total. The summed E-state index contributed by atoms with van der Waals surface area (Å²) in [6.07, 6.45) is 1.89. The SMILES string of the molecule is COc1ccc(C(=O)C2(c3ccc(C)cc3)CC2)cc1. The van der Waals surface area contributed by atoms with Crippen molar-refractivity contribution in [3.63, 3.8) is 0 Å². The first-order valence-electron chi connectivity index (χ1n) is 6.92. The van der Waals surface area contributed by atoms with Crippen LogP contribution in [-0.4, -0.2) is 12.9 Å². The average molecular weight is 266 g/mol. The number of benzene rings is 2. The Labute approximate surface area is 119 Å². The molecule has 1 fully saturated rings. The van der Waals surface area contributed by atoms with E-state index in [0.717, 1.165) is 29.7 Å². The lowest BCUT2D eigenvalue weighted by atomic mass is 9.87. The molecule has 2 aromatic rings. The molecule has 2 heteroatoms. The van der Waals surface area contributed by atoms with Crippen molar-refractivity contribution in [3.05, 3.63) is 65.2 Å². The zero-order chi connectivity index (χ0) is 14.2. The molecule has 0 spiro atoms. The van der Waals surface area contributed by atoms with Gasteiger partial charge in [-0.25, -0.2) is 0 Å². The molecule has 20 heavy (non-hydrogen) atoms. The van der Waals surface area contributed by atoms with Crippen LogP contribution in [-0.2, 0) is 5.41 Å². The zero-order valence-electron chi connectivity index (χ0n) is 11.8. The summed E-state index contributed by atoms with van der Waals surface area (Å²) in [6, 6.07) is 15.7. The lowest BCUT2D eigenvalue weighted by molar-refractivity contribution is 0.0946. The average Bonchev–Trinajstić information content (AvgIpc) is 3.29. The standard InChI is InChI=1S/C18H18O2/c1-13-3-7-15(8-4-13)18(11-12-18)17(19)14-5-9-16(20-2)10-6-14/h3-10H,11-12H2,1-2H3. The van der Waals surface area contributed by atoms with Crippen molar-refractivity contribution >= 4 is 5.78 Å². The van der Waals surface area contributed by atoms with Crippen LogP contribution in [0.5, 0.6) is 5.75 Å². The van der Waals surface area contributed by atoms with Gasteiger partial charge < -0.3 is 4.74 Å². The summed E-state index contributed by atoms with van der Waals surface area (Å²) in [5.74, 6) is 1.01. The monoisotopic (exact) mass is 266 g/mol. The number of carbonyl (C=O) groups is 1. The Balaban J connectivity index is 1.90. The first-order valence-corrected chi connectivity index (χ1v) is 6.92. The topological polar surface area (TPSA) is 26.3 Å². The number of hydrogen-bond donors (Lipinski definition) is 0. The molecule has 0 bridgehead atoms. The minimum Gasteiger partial charge on any atom is -0.497 e. The van der Waals surface area contributed by atoms with Crippen LogP contribution in [0.2, 0.25) is 0 Å². The smallest absolute Gasteiger partial charge is 0.173 e. The van der Waals surface area contributed by atoms with Gasteiger partial charge in [0, 0.05) is 5.56 Å². The second kappa shape index (κ2) is 4.78. The second-order valence-corrected chi connectivity index (χ2v) is 5.51. The number of ether oxygens (including phenoxy) is 1. The van der Waals surface area contributed by atoms with E-state index in [0.29, 0.717) is 0 Å². The molecule has 0 radical (unpaired) electrons. The van der Waals surface area contributed by atoms with E-state index in [1.54, 1.807) is 7.11 Å². The van der Waals surface area contributed by atoms with E-state index >= 15 is 0 Å².